The molecule has 0 aromatic carbocycles. The maximum atomic E-state index is 10.1. The van der Waals surface area contributed by atoms with Gasteiger partial charge in [0.25, 0.3) is 0 Å². The molecule has 0 aliphatic rings. The van der Waals surface area contributed by atoms with Gasteiger partial charge >= 0.3 is 0 Å². The van der Waals surface area contributed by atoms with Crippen LogP contribution in [0.15, 0.2) is 15.0 Å². The van der Waals surface area contributed by atoms with E-state index in [0.29, 0.717) is 18.9 Å². The van der Waals surface area contributed by atoms with Gasteiger partial charge in [-0.05, 0) is 25.2 Å². The highest BCUT2D eigenvalue weighted by molar-refractivity contribution is 5.36. The predicted octanol–water partition coefficient (Wildman–Crippen LogP) is 1.91. The summed E-state index contributed by atoms with van der Waals surface area (Å²) in [6.45, 7) is 2.60. The third kappa shape index (κ3) is 9.37. The first-order chi connectivity index (χ1) is 8.74. The van der Waals surface area contributed by atoms with Crippen LogP contribution in [0.3, 0.4) is 0 Å². The molecule has 0 aliphatic carbocycles. The first kappa shape index (κ1) is 16.1. The molecule has 6 nitrogen and oxygen atoms in total. The zero-order chi connectivity index (χ0) is 13.6. The summed E-state index contributed by atoms with van der Waals surface area (Å²) < 4.78 is 0. The van der Waals surface area contributed by atoms with Crippen LogP contribution < -0.4 is 0 Å². The Bertz CT molecular complexity index is 347. The molecule has 0 aromatic heterocycles. The van der Waals surface area contributed by atoms with Crippen LogP contribution in [0.25, 0.3) is 0 Å². The Labute approximate surface area is 106 Å². The lowest BCUT2D eigenvalue weighted by atomic mass is 9.98. The summed E-state index contributed by atoms with van der Waals surface area (Å²) in [6.07, 6.45) is 7.84. The molecule has 0 radical (unpaired) electrons. The van der Waals surface area contributed by atoms with Crippen LogP contribution in [0, 0.1) is 5.92 Å². The molecule has 0 aliphatic heterocycles. The molecular formula is C12H17N3O3. The van der Waals surface area contributed by atoms with Gasteiger partial charge in [-0.2, -0.15) is 9.98 Å². The van der Waals surface area contributed by atoms with E-state index in [4.69, 9.17) is 0 Å². The van der Waals surface area contributed by atoms with Gasteiger partial charge in [-0.15, -0.1) is 0 Å². The summed E-state index contributed by atoms with van der Waals surface area (Å²) in [5.41, 5.74) is 0. The van der Waals surface area contributed by atoms with Crippen LogP contribution in [0.4, 0.5) is 0 Å². The van der Waals surface area contributed by atoms with Crippen molar-refractivity contribution in [2.45, 2.75) is 45.2 Å². The van der Waals surface area contributed by atoms with Crippen molar-refractivity contribution in [2.75, 3.05) is 6.54 Å². The molecule has 0 saturated carbocycles. The lowest BCUT2D eigenvalue weighted by molar-refractivity contribution is 0.430. The Hall–Kier alpha value is -1.86. The van der Waals surface area contributed by atoms with Crippen LogP contribution in [0.2, 0.25) is 0 Å². The second-order valence-electron chi connectivity index (χ2n) is 4.07. The predicted molar refractivity (Wildman–Crippen MR) is 65.3 cm³/mol. The third-order valence-electron chi connectivity index (χ3n) is 2.60. The van der Waals surface area contributed by atoms with Crippen LogP contribution in [0.5, 0.6) is 0 Å². The molecule has 0 fully saturated rings. The SMILES string of the molecule is CC(CCCCN=C=O)CCC(N=C=O)N=C=O. The van der Waals surface area contributed by atoms with E-state index in [9.17, 15) is 14.4 Å². The molecule has 0 saturated heterocycles. The molecule has 0 amide bonds. The largest absolute Gasteiger partial charge is 0.237 e. The fourth-order valence-corrected chi connectivity index (χ4v) is 1.59. The number of rotatable bonds is 10. The summed E-state index contributed by atoms with van der Waals surface area (Å²) in [4.78, 5) is 40.3. The van der Waals surface area contributed by atoms with Crippen LogP contribution >= 0.6 is 0 Å². The van der Waals surface area contributed by atoms with Crippen molar-refractivity contribution in [3.63, 3.8) is 0 Å². The van der Waals surface area contributed by atoms with Gasteiger partial charge in [0, 0.05) is 0 Å². The summed E-state index contributed by atoms with van der Waals surface area (Å²) in [6, 6.07) is 0. The standard InChI is InChI=1S/C12H17N3O3/c1-11(4-2-3-7-13-8-16)5-6-12(14-9-17)15-10-18/h11-12H,2-7H2,1H3. The summed E-state index contributed by atoms with van der Waals surface area (Å²) >= 11 is 0. The zero-order valence-corrected chi connectivity index (χ0v) is 10.5. The Kier molecular flexibility index (Phi) is 10.4. The summed E-state index contributed by atoms with van der Waals surface area (Å²) in [5.74, 6) is 0.441. The number of unbranched alkanes of at least 4 members (excludes halogenated alkanes) is 1. The van der Waals surface area contributed by atoms with E-state index in [0.717, 1.165) is 25.7 Å². The topological polar surface area (TPSA) is 88.3 Å². The third-order valence-corrected chi connectivity index (χ3v) is 2.60. The van der Waals surface area contributed by atoms with Gasteiger partial charge in [0.05, 0.1) is 6.54 Å². The number of carbonyl (C=O) groups excluding carboxylic acids is 3. The molecule has 0 aromatic rings. The fourth-order valence-electron chi connectivity index (χ4n) is 1.59. The Morgan fingerprint density at radius 1 is 0.889 bits per heavy atom. The maximum absolute atomic E-state index is 10.1. The van der Waals surface area contributed by atoms with E-state index >= 15 is 0 Å². The normalized spacial score (nSPS) is 12.5. The van der Waals surface area contributed by atoms with Crippen LogP contribution in [-0.4, -0.2) is 31.0 Å². The van der Waals surface area contributed by atoms with Crippen molar-refractivity contribution in [1.82, 2.24) is 0 Å². The molecule has 1 unspecified atom stereocenters. The van der Waals surface area contributed by atoms with Gasteiger partial charge < -0.3 is 0 Å². The Morgan fingerprint density at radius 2 is 1.56 bits per heavy atom. The van der Waals surface area contributed by atoms with Crippen molar-refractivity contribution in [3.8, 4) is 0 Å². The summed E-state index contributed by atoms with van der Waals surface area (Å²) in [7, 11) is 0. The molecule has 6 heteroatoms. The first-order valence-corrected chi connectivity index (χ1v) is 5.92. The molecule has 0 N–H and O–H groups in total. The number of aliphatic imine (C=N–C) groups is 3. The molecule has 98 valence electrons. The highest BCUT2D eigenvalue weighted by Crippen LogP contribution is 2.16. The Morgan fingerprint density at radius 3 is 2.11 bits per heavy atom. The zero-order valence-electron chi connectivity index (χ0n) is 10.5. The first-order valence-electron chi connectivity index (χ1n) is 5.92. The van der Waals surface area contributed by atoms with Crippen molar-refractivity contribution in [3.05, 3.63) is 0 Å². The van der Waals surface area contributed by atoms with E-state index < -0.39 is 6.17 Å². The molecule has 0 rings (SSSR count). The molecule has 0 heterocycles. The lowest BCUT2D eigenvalue weighted by Gasteiger charge is -2.11. The highest BCUT2D eigenvalue weighted by atomic mass is 16.1. The van der Waals surface area contributed by atoms with E-state index in [-0.39, 0.29) is 0 Å². The second kappa shape index (κ2) is 11.6. The van der Waals surface area contributed by atoms with Gasteiger partial charge in [0.15, 0.2) is 6.17 Å². The smallest absolute Gasteiger partial charge is 0.211 e. The molecule has 0 spiro atoms. The quantitative estimate of drug-likeness (QED) is 0.337. The minimum Gasteiger partial charge on any atom is -0.211 e. The van der Waals surface area contributed by atoms with E-state index in [1.54, 1.807) is 0 Å². The van der Waals surface area contributed by atoms with Crippen LogP contribution in [-0.2, 0) is 14.4 Å². The van der Waals surface area contributed by atoms with E-state index in [1.165, 1.54) is 18.2 Å². The van der Waals surface area contributed by atoms with Crippen molar-refractivity contribution >= 4 is 18.2 Å². The average molecular weight is 251 g/mol. The highest BCUT2D eigenvalue weighted by Gasteiger charge is 2.08. The number of isocyanates is 3. The lowest BCUT2D eigenvalue weighted by Crippen LogP contribution is -2.04. The van der Waals surface area contributed by atoms with Crippen molar-refractivity contribution in [2.24, 2.45) is 20.9 Å². The van der Waals surface area contributed by atoms with Gasteiger partial charge in [-0.25, -0.2) is 19.4 Å². The minimum absolute atomic E-state index is 0.441. The summed E-state index contributed by atoms with van der Waals surface area (Å²) in [5, 5.41) is 0. The average Bonchev–Trinajstić information content (AvgIpc) is 2.36. The second-order valence-corrected chi connectivity index (χ2v) is 4.07. The minimum atomic E-state index is -0.651. The Balaban J connectivity index is 3.79. The number of hydrogen-bond donors (Lipinski definition) is 0. The van der Waals surface area contributed by atoms with Gasteiger partial charge in [-0.1, -0.05) is 19.8 Å². The van der Waals surface area contributed by atoms with Gasteiger partial charge in [0.1, 0.15) is 0 Å². The molecule has 0 bridgehead atoms. The van der Waals surface area contributed by atoms with Crippen LogP contribution in [0.1, 0.15) is 39.0 Å². The maximum Gasteiger partial charge on any atom is 0.237 e. The monoisotopic (exact) mass is 251 g/mol. The molecular weight excluding hydrogens is 234 g/mol. The fraction of sp³-hybridized carbons (Fsp3) is 0.750. The van der Waals surface area contributed by atoms with Crippen molar-refractivity contribution in [1.29, 1.82) is 0 Å². The van der Waals surface area contributed by atoms with E-state index in [1.807, 2.05) is 0 Å². The van der Waals surface area contributed by atoms with Gasteiger partial charge in [-0.3, -0.25) is 0 Å². The van der Waals surface area contributed by atoms with Crippen molar-refractivity contribution < 1.29 is 14.4 Å². The van der Waals surface area contributed by atoms with Gasteiger partial charge in [0.2, 0.25) is 18.2 Å². The number of nitrogens with zero attached hydrogens (tertiary/aromatic N) is 3. The molecule has 18 heavy (non-hydrogen) atoms. The van der Waals surface area contributed by atoms with E-state index in [2.05, 4.69) is 21.9 Å². The molecule has 1 atom stereocenters. The number of hydrogen-bond acceptors (Lipinski definition) is 6.